The van der Waals surface area contributed by atoms with E-state index in [0.717, 1.165) is 28.8 Å². The molecule has 0 aliphatic rings. The maximum atomic E-state index is 8.56. The van der Waals surface area contributed by atoms with Crippen LogP contribution in [0.25, 0.3) is 11.4 Å². The van der Waals surface area contributed by atoms with Crippen LogP contribution in [0.2, 0.25) is 5.02 Å². The Morgan fingerprint density at radius 1 is 1.32 bits per heavy atom. The van der Waals surface area contributed by atoms with Gasteiger partial charge in [-0.1, -0.05) is 23.4 Å². The molecule has 2 aromatic rings. The normalized spacial score (nSPS) is 10.4. The number of nitrogens with zero attached hydrogens (tertiary/aromatic N) is 4. The Bertz CT molecular complexity index is 586. The van der Waals surface area contributed by atoms with Gasteiger partial charge in [0.05, 0.1) is 6.07 Å². The first-order chi connectivity index (χ1) is 9.26. The van der Waals surface area contributed by atoms with Gasteiger partial charge < -0.3 is 4.57 Å². The summed E-state index contributed by atoms with van der Waals surface area (Å²) in [5, 5.41) is 18.5. The Morgan fingerprint density at radius 2 is 2.05 bits per heavy atom. The van der Waals surface area contributed by atoms with E-state index in [1.807, 2.05) is 28.8 Å². The molecule has 0 fully saturated rings. The minimum atomic E-state index is 0.511. The lowest BCUT2D eigenvalue weighted by Crippen LogP contribution is -1.99. The lowest BCUT2D eigenvalue weighted by molar-refractivity contribution is 0.687. The molecule has 0 aliphatic carbocycles. The molecule has 0 aliphatic heterocycles. The summed E-state index contributed by atoms with van der Waals surface area (Å²) in [6, 6.07) is 9.68. The fourth-order valence-corrected chi connectivity index (χ4v) is 2.65. The SMILES string of the molecule is CCn1c(SCCC#N)nnc1-c1ccc(Cl)cc1. The molecule has 0 spiro atoms. The van der Waals surface area contributed by atoms with Crippen molar-refractivity contribution in [2.24, 2.45) is 0 Å². The van der Waals surface area contributed by atoms with Crippen LogP contribution in [0.5, 0.6) is 0 Å². The fourth-order valence-electron chi connectivity index (χ4n) is 1.68. The summed E-state index contributed by atoms with van der Waals surface area (Å²) in [5.74, 6) is 1.56. The van der Waals surface area contributed by atoms with Crippen molar-refractivity contribution in [2.45, 2.75) is 25.0 Å². The van der Waals surface area contributed by atoms with Crippen LogP contribution in [0, 0.1) is 11.3 Å². The second-order valence-corrected chi connectivity index (χ2v) is 5.31. The van der Waals surface area contributed by atoms with Crippen molar-refractivity contribution < 1.29 is 0 Å². The van der Waals surface area contributed by atoms with Crippen LogP contribution in [0.15, 0.2) is 29.4 Å². The number of rotatable bonds is 5. The van der Waals surface area contributed by atoms with E-state index in [1.165, 1.54) is 0 Å². The molecule has 2 rings (SSSR count). The largest absolute Gasteiger partial charge is 0.302 e. The molecule has 0 atom stereocenters. The van der Waals surface area contributed by atoms with Crippen LogP contribution in [-0.2, 0) is 6.54 Å². The Labute approximate surface area is 121 Å². The summed E-state index contributed by atoms with van der Waals surface area (Å²) in [7, 11) is 0. The van der Waals surface area contributed by atoms with Gasteiger partial charge >= 0.3 is 0 Å². The Morgan fingerprint density at radius 3 is 2.68 bits per heavy atom. The van der Waals surface area contributed by atoms with Crippen molar-refractivity contribution in [2.75, 3.05) is 5.75 Å². The highest BCUT2D eigenvalue weighted by molar-refractivity contribution is 7.99. The lowest BCUT2D eigenvalue weighted by atomic mass is 10.2. The van der Waals surface area contributed by atoms with Gasteiger partial charge in [-0.15, -0.1) is 10.2 Å². The van der Waals surface area contributed by atoms with Gasteiger partial charge in [-0.3, -0.25) is 0 Å². The third-order valence-corrected chi connectivity index (χ3v) is 3.80. The molecule has 0 unspecified atom stereocenters. The summed E-state index contributed by atoms with van der Waals surface area (Å²) < 4.78 is 2.05. The molecule has 19 heavy (non-hydrogen) atoms. The Balaban J connectivity index is 2.26. The first-order valence-electron chi connectivity index (χ1n) is 5.95. The first kappa shape index (κ1) is 13.9. The van der Waals surface area contributed by atoms with Gasteiger partial charge in [-0.25, -0.2) is 0 Å². The van der Waals surface area contributed by atoms with Crippen molar-refractivity contribution in [3.63, 3.8) is 0 Å². The van der Waals surface area contributed by atoms with Crippen LogP contribution < -0.4 is 0 Å². The average molecular weight is 293 g/mol. The van der Waals surface area contributed by atoms with Gasteiger partial charge in [0.15, 0.2) is 11.0 Å². The number of nitriles is 1. The molecule has 0 radical (unpaired) electrons. The zero-order valence-electron chi connectivity index (χ0n) is 10.5. The van der Waals surface area contributed by atoms with Gasteiger partial charge in [-0.05, 0) is 31.2 Å². The van der Waals surface area contributed by atoms with E-state index in [2.05, 4.69) is 23.2 Å². The van der Waals surface area contributed by atoms with Crippen molar-refractivity contribution in [1.29, 1.82) is 5.26 Å². The molecular weight excluding hydrogens is 280 g/mol. The van der Waals surface area contributed by atoms with E-state index in [0.29, 0.717) is 11.4 Å². The quantitative estimate of drug-likeness (QED) is 0.624. The number of thioether (sulfide) groups is 1. The van der Waals surface area contributed by atoms with Crippen LogP contribution in [0.3, 0.4) is 0 Å². The summed E-state index contributed by atoms with van der Waals surface area (Å²) >= 11 is 7.44. The van der Waals surface area contributed by atoms with E-state index in [9.17, 15) is 0 Å². The minimum Gasteiger partial charge on any atom is -0.302 e. The monoisotopic (exact) mass is 292 g/mol. The smallest absolute Gasteiger partial charge is 0.191 e. The van der Waals surface area contributed by atoms with Gasteiger partial charge in [0, 0.05) is 29.3 Å². The second-order valence-electron chi connectivity index (χ2n) is 3.81. The van der Waals surface area contributed by atoms with E-state index in [4.69, 9.17) is 16.9 Å². The third-order valence-electron chi connectivity index (χ3n) is 2.58. The number of aromatic nitrogens is 3. The summed E-state index contributed by atoms with van der Waals surface area (Å²) in [6.07, 6.45) is 0.511. The fraction of sp³-hybridized carbons (Fsp3) is 0.308. The Kier molecular flexibility index (Phi) is 4.83. The van der Waals surface area contributed by atoms with Crippen LogP contribution >= 0.6 is 23.4 Å². The van der Waals surface area contributed by atoms with Gasteiger partial charge in [0.25, 0.3) is 0 Å². The van der Waals surface area contributed by atoms with Crippen LogP contribution in [-0.4, -0.2) is 20.5 Å². The summed E-state index contributed by atoms with van der Waals surface area (Å²) in [6.45, 7) is 2.84. The minimum absolute atomic E-state index is 0.511. The van der Waals surface area contributed by atoms with Crippen molar-refractivity contribution >= 4 is 23.4 Å². The third kappa shape index (κ3) is 3.28. The van der Waals surface area contributed by atoms with Crippen molar-refractivity contribution in [1.82, 2.24) is 14.8 Å². The van der Waals surface area contributed by atoms with Crippen molar-refractivity contribution in [3.8, 4) is 17.5 Å². The maximum Gasteiger partial charge on any atom is 0.191 e. The van der Waals surface area contributed by atoms with E-state index < -0.39 is 0 Å². The summed E-state index contributed by atoms with van der Waals surface area (Å²) in [4.78, 5) is 0. The average Bonchev–Trinajstić information content (AvgIpc) is 2.83. The number of benzene rings is 1. The Hall–Kier alpha value is -1.51. The standard InChI is InChI=1S/C13H13ClN4S/c1-2-18-12(10-4-6-11(14)7-5-10)16-17-13(18)19-9-3-8-15/h4-7H,2-3,9H2,1H3. The van der Waals surface area contributed by atoms with E-state index in [-0.39, 0.29) is 0 Å². The number of hydrogen-bond acceptors (Lipinski definition) is 4. The molecule has 0 saturated carbocycles. The predicted molar refractivity (Wildman–Crippen MR) is 77.1 cm³/mol. The van der Waals surface area contributed by atoms with Gasteiger partial charge in [-0.2, -0.15) is 5.26 Å². The predicted octanol–water partition coefficient (Wildman–Crippen LogP) is 3.62. The number of hydrogen-bond donors (Lipinski definition) is 0. The first-order valence-corrected chi connectivity index (χ1v) is 7.31. The topological polar surface area (TPSA) is 54.5 Å². The molecule has 6 heteroatoms. The molecule has 0 N–H and O–H groups in total. The molecule has 98 valence electrons. The zero-order valence-corrected chi connectivity index (χ0v) is 12.1. The molecule has 0 bridgehead atoms. The molecule has 0 amide bonds. The molecule has 0 saturated heterocycles. The highest BCUT2D eigenvalue weighted by atomic mass is 35.5. The molecule has 1 heterocycles. The summed E-state index contributed by atoms with van der Waals surface area (Å²) in [5.41, 5.74) is 0.992. The van der Waals surface area contributed by atoms with E-state index in [1.54, 1.807) is 11.8 Å². The van der Waals surface area contributed by atoms with Crippen LogP contribution in [0.1, 0.15) is 13.3 Å². The molecular formula is C13H13ClN4S. The highest BCUT2D eigenvalue weighted by Crippen LogP contribution is 2.25. The lowest BCUT2D eigenvalue weighted by Gasteiger charge is -2.06. The second kappa shape index (κ2) is 6.60. The molecule has 1 aromatic carbocycles. The van der Waals surface area contributed by atoms with Gasteiger partial charge in [0.1, 0.15) is 0 Å². The van der Waals surface area contributed by atoms with Gasteiger partial charge in [0.2, 0.25) is 0 Å². The molecule has 4 nitrogen and oxygen atoms in total. The number of halogens is 1. The van der Waals surface area contributed by atoms with Crippen molar-refractivity contribution in [3.05, 3.63) is 29.3 Å². The van der Waals surface area contributed by atoms with E-state index >= 15 is 0 Å². The zero-order chi connectivity index (χ0) is 13.7. The molecule has 1 aromatic heterocycles. The highest BCUT2D eigenvalue weighted by Gasteiger charge is 2.12. The van der Waals surface area contributed by atoms with Crippen LogP contribution in [0.4, 0.5) is 0 Å². The maximum absolute atomic E-state index is 8.56.